The Morgan fingerprint density at radius 2 is 2.28 bits per heavy atom. The van der Waals surface area contributed by atoms with Crippen LogP contribution in [0.3, 0.4) is 0 Å². The number of pyridine rings is 1. The number of amides is 1. The van der Waals surface area contributed by atoms with E-state index in [-0.39, 0.29) is 12.5 Å². The zero-order valence-corrected chi connectivity index (χ0v) is 14.9. The van der Waals surface area contributed by atoms with E-state index in [4.69, 9.17) is 4.52 Å². The molecule has 0 aliphatic carbocycles. The molecular formula is C16H20N4O4S. The number of nitrogens with zero attached hydrogens (tertiary/aromatic N) is 4. The molecule has 8 nitrogen and oxygen atoms in total. The zero-order valence-electron chi connectivity index (χ0n) is 14.1. The molecule has 1 aliphatic rings. The predicted octanol–water partition coefficient (Wildman–Crippen LogP) is 1.12. The van der Waals surface area contributed by atoms with Crippen molar-refractivity contribution in [3.63, 3.8) is 0 Å². The van der Waals surface area contributed by atoms with Crippen LogP contribution >= 0.6 is 0 Å². The second-order valence-electron chi connectivity index (χ2n) is 6.15. The third-order valence-corrected chi connectivity index (χ3v) is 5.49. The van der Waals surface area contributed by atoms with Crippen LogP contribution in [0.4, 0.5) is 0 Å². The molecule has 2 aromatic heterocycles. The first-order valence-electron chi connectivity index (χ1n) is 7.94. The Bertz CT molecular complexity index is 850. The van der Waals surface area contributed by atoms with Gasteiger partial charge in [-0.05, 0) is 25.0 Å². The first kappa shape index (κ1) is 17.6. The summed E-state index contributed by atoms with van der Waals surface area (Å²) >= 11 is 0. The van der Waals surface area contributed by atoms with Crippen LogP contribution in [0, 0.1) is 0 Å². The quantitative estimate of drug-likeness (QED) is 0.789. The van der Waals surface area contributed by atoms with Gasteiger partial charge in [-0.25, -0.2) is 8.42 Å². The Hall–Kier alpha value is -2.26. The van der Waals surface area contributed by atoms with Gasteiger partial charge in [0.2, 0.25) is 15.9 Å². The van der Waals surface area contributed by atoms with Gasteiger partial charge >= 0.3 is 0 Å². The van der Waals surface area contributed by atoms with Crippen LogP contribution in [0.1, 0.15) is 18.6 Å². The van der Waals surface area contributed by atoms with Crippen molar-refractivity contribution in [2.75, 3.05) is 19.8 Å². The van der Waals surface area contributed by atoms with Gasteiger partial charge in [-0.1, -0.05) is 5.16 Å². The normalized spacial score (nSPS) is 18.4. The van der Waals surface area contributed by atoms with E-state index in [1.54, 1.807) is 31.6 Å². The summed E-state index contributed by atoms with van der Waals surface area (Å²) in [5.74, 6) is 0.292. The smallest absolute Gasteiger partial charge is 0.241 e. The Morgan fingerprint density at radius 1 is 1.48 bits per heavy atom. The van der Waals surface area contributed by atoms with Gasteiger partial charge in [0.1, 0.15) is 11.7 Å². The molecule has 3 heterocycles. The number of aromatic nitrogens is 2. The highest BCUT2D eigenvalue weighted by Gasteiger charge is 2.37. The van der Waals surface area contributed by atoms with Crippen LogP contribution in [0.25, 0.3) is 11.3 Å². The molecule has 1 unspecified atom stereocenters. The van der Waals surface area contributed by atoms with E-state index in [2.05, 4.69) is 10.1 Å². The summed E-state index contributed by atoms with van der Waals surface area (Å²) in [7, 11) is -1.76. The molecule has 134 valence electrons. The zero-order chi connectivity index (χ0) is 18.0. The van der Waals surface area contributed by atoms with Crippen molar-refractivity contribution in [2.45, 2.75) is 25.4 Å². The third-order valence-electron chi connectivity index (χ3n) is 4.20. The molecule has 0 spiro atoms. The minimum atomic E-state index is -3.39. The average molecular weight is 364 g/mol. The fraction of sp³-hybridized carbons (Fsp3) is 0.438. The Labute approximate surface area is 146 Å². The maximum atomic E-state index is 12.6. The van der Waals surface area contributed by atoms with Crippen LogP contribution in [0.15, 0.2) is 35.1 Å². The molecule has 2 aromatic rings. The maximum Gasteiger partial charge on any atom is 0.241 e. The topological polar surface area (TPSA) is 96.6 Å². The number of carbonyl (C=O) groups excluding carboxylic acids is 1. The summed E-state index contributed by atoms with van der Waals surface area (Å²) in [4.78, 5) is 18.1. The van der Waals surface area contributed by atoms with Crippen LogP contribution in [0.5, 0.6) is 0 Å². The van der Waals surface area contributed by atoms with Gasteiger partial charge in [0.05, 0.1) is 12.8 Å². The van der Waals surface area contributed by atoms with Crippen molar-refractivity contribution in [1.29, 1.82) is 0 Å². The molecule has 1 fully saturated rings. The summed E-state index contributed by atoms with van der Waals surface area (Å²) in [6.45, 7) is 0.608. The van der Waals surface area contributed by atoms with Crippen molar-refractivity contribution in [3.8, 4) is 11.3 Å². The standard InChI is InChI=1S/C16H20N4O4S/c1-19(16(21)15-6-4-8-20(15)25(2,22)23)11-13-9-14(18-24-13)12-5-3-7-17-10-12/h3,5,7,9-10,15H,4,6,8,11H2,1-2H3. The molecule has 1 amide bonds. The number of hydrogen-bond acceptors (Lipinski definition) is 6. The van der Waals surface area contributed by atoms with Gasteiger partial charge in [0.25, 0.3) is 0 Å². The largest absolute Gasteiger partial charge is 0.359 e. The van der Waals surface area contributed by atoms with Gasteiger partial charge in [-0.15, -0.1) is 0 Å². The number of hydrogen-bond donors (Lipinski definition) is 0. The second-order valence-corrected chi connectivity index (χ2v) is 8.08. The second kappa shape index (κ2) is 6.93. The van der Waals surface area contributed by atoms with Crippen molar-refractivity contribution >= 4 is 15.9 Å². The van der Waals surface area contributed by atoms with Gasteiger partial charge in [-0.3, -0.25) is 9.78 Å². The lowest BCUT2D eigenvalue weighted by molar-refractivity contribution is -0.134. The van der Waals surface area contributed by atoms with Gasteiger partial charge in [0, 0.05) is 37.6 Å². The SMILES string of the molecule is CN(Cc1cc(-c2cccnc2)no1)C(=O)C1CCCN1S(C)(=O)=O. The molecule has 0 bridgehead atoms. The molecule has 0 saturated carbocycles. The van der Waals surface area contributed by atoms with E-state index in [9.17, 15) is 13.2 Å². The summed E-state index contributed by atoms with van der Waals surface area (Å²) in [6.07, 6.45) is 5.71. The molecule has 3 rings (SSSR count). The Kier molecular flexibility index (Phi) is 4.87. The van der Waals surface area contributed by atoms with Crippen LogP contribution in [0.2, 0.25) is 0 Å². The van der Waals surface area contributed by atoms with E-state index < -0.39 is 16.1 Å². The molecule has 0 radical (unpaired) electrons. The highest BCUT2D eigenvalue weighted by Crippen LogP contribution is 2.23. The number of likely N-dealkylation sites (N-methyl/N-ethyl adjacent to an activating group) is 1. The molecule has 1 aliphatic heterocycles. The maximum absolute atomic E-state index is 12.6. The fourth-order valence-corrected chi connectivity index (χ4v) is 4.11. The number of carbonyl (C=O) groups is 1. The van der Waals surface area contributed by atoms with E-state index in [1.807, 2.05) is 6.07 Å². The summed E-state index contributed by atoms with van der Waals surface area (Å²) < 4.78 is 30.2. The molecule has 0 aromatic carbocycles. The average Bonchev–Trinajstić information content (AvgIpc) is 3.24. The van der Waals surface area contributed by atoms with Crippen molar-refractivity contribution in [1.82, 2.24) is 19.3 Å². The van der Waals surface area contributed by atoms with E-state index >= 15 is 0 Å². The first-order chi connectivity index (χ1) is 11.9. The third kappa shape index (κ3) is 3.88. The number of rotatable bonds is 5. The molecular weight excluding hydrogens is 344 g/mol. The van der Waals surface area contributed by atoms with E-state index in [0.29, 0.717) is 30.8 Å². The Morgan fingerprint density at radius 3 is 2.96 bits per heavy atom. The predicted molar refractivity (Wildman–Crippen MR) is 90.8 cm³/mol. The minimum Gasteiger partial charge on any atom is -0.359 e. The lowest BCUT2D eigenvalue weighted by Crippen LogP contribution is -2.45. The van der Waals surface area contributed by atoms with Gasteiger partial charge in [0.15, 0.2) is 5.76 Å². The highest BCUT2D eigenvalue weighted by molar-refractivity contribution is 7.88. The molecule has 9 heteroatoms. The van der Waals surface area contributed by atoms with E-state index in [0.717, 1.165) is 11.8 Å². The number of sulfonamides is 1. The minimum absolute atomic E-state index is 0.222. The molecule has 0 N–H and O–H groups in total. The fourth-order valence-electron chi connectivity index (χ4n) is 2.99. The first-order valence-corrected chi connectivity index (χ1v) is 9.79. The molecule has 1 atom stereocenters. The Balaban J connectivity index is 1.69. The van der Waals surface area contributed by atoms with Crippen LogP contribution in [-0.2, 0) is 21.4 Å². The van der Waals surface area contributed by atoms with Gasteiger partial charge in [-0.2, -0.15) is 4.31 Å². The highest BCUT2D eigenvalue weighted by atomic mass is 32.2. The van der Waals surface area contributed by atoms with Crippen molar-refractivity contribution in [3.05, 3.63) is 36.4 Å². The molecule has 25 heavy (non-hydrogen) atoms. The molecule has 1 saturated heterocycles. The van der Waals surface area contributed by atoms with Gasteiger partial charge < -0.3 is 9.42 Å². The summed E-state index contributed by atoms with van der Waals surface area (Å²) in [6, 6.07) is 4.79. The lowest BCUT2D eigenvalue weighted by atomic mass is 10.2. The summed E-state index contributed by atoms with van der Waals surface area (Å²) in [5.41, 5.74) is 1.47. The van der Waals surface area contributed by atoms with E-state index in [1.165, 1.54) is 9.21 Å². The monoisotopic (exact) mass is 364 g/mol. The van der Waals surface area contributed by atoms with Crippen LogP contribution in [-0.4, -0.2) is 59.6 Å². The van der Waals surface area contributed by atoms with Crippen molar-refractivity contribution in [2.24, 2.45) is 0 Å². The van der Waals surface area contributed by atoms with Crippen LogP contribution < -0.4 is 0 Å². The van der Waals surface area contributed by atoms with Crippen molar-refractivity contribution < 1.29 is 17.7 Å². The summed E-state index contributed by atoms with van der Waals surface area (Å²) in [5, 5.41) is 3.99. The lowest BCUT2D eigenvalue weighted by Gasteiger charge is -2.25.